The van der Waals surface area contributed by atoms with Gasteiger partial charge in [-0.1, -0.05) is 209 Å². The van der Waals surface area contributed by atoms with Gasteiger partial charge in [-0.05, 0) is 264 Å². The first kappa shape index (κ1) is 72.4. The standard InChI is InChI=1S/C100H98N4O3/c1-10-15-19-72-33-55-84(56-34-72)101(80-47-23-68(6)24-48-80)92-66-95(104(83-53-29-71(9)30-54-83)87-61-39-75(40-62-87)22-18-13-4)97-89(78-43-45-79(46-44-78)100(106)107-14-5)64-91-93(102(81-49-25-69(7)26-50-81)85-57-35-73(36-58-85)20-16-11-2)65-94(96-88(63-90(92)99(97)98(91)96)77-41-31-76(67-105)32-42-77)103(82-51-27-70(8)28-52-82)86-59-37-74(38-60-86)21-17-12-3/h23-67H,10-22H2,1-9H3. The topological polar surface area (TPSA) is 56.3 Å². The molecular weight excluding hydrogens is 1310 g/mol. The maximum atomic E-state index is 13.9. The van der Waals surface area contributed by atoms with Gasteiger partial charge in [-0.3, -0.25) is 4.79 Å². The molecule has 0 spiro atoms. The van der Waals surface area contributed by atoms with E-state index in [0.717, 1.165) is 228 Å². The average Bonchev–Trinajstić information content (AvgIpc) is 0.685. The molecule has 0 unspecified atom stereocenters. The highest BCUT2D eigenvalue weighted by molar-refractivity contribution is 6.38. The minimum atomic E-state index is -0.367. The Kier molecular flexibility index (Phi) is 22.2. The van der Waals surface area contributed by atoms with Gasteiger partial charge in [-0.15, -0.1) is 0 Å². The van der Waals surface area contributed by atoms with Gasteiger partial charge < -0.3 is 24.3 Å². The van der Waals surface area contributed by atoms with Crippen LogP contribution in [0, 0.1) is 27.7 Å². The van der Waals surface area contributed by atoms with E-state index in [1.807, 2.05) is 31.2 Å². The van der Waals surface area contributed by atoms with Crippen LogP contribution in [0.3, 0.4) is 0 Å². The highest BCUT2D eigenvalue weighted by Crippen LogP contribution is 2.59. The molecular formula is C100H98N4O3. The minimum Gasteiger partial charge on any atom is -0.462 e. The second-order valence-corrected chi connectivity index (χ2v) is 29.1. The number of hydrogen-bond acceptors (Lipinski definition) is 7. The lowest BCUT2D eigenvalue weighted by atomic mass is 9.82. The van der Waals surface area contributed by atoms with Crippen molar-refractivity contribution in [3.63, 3.8) is 0 Å². The van der Waals surface area contributed by atoms with Gasteiger partial charge in [0.2, 0.25) is 0 Å². The Hall–Kier alpha value is -11.5. The Balaban J connectivity index is 1.27. The second-order valence-electron chi connectivity index (χ2n) is 29.1. The van der Waals surface area contributed by atoms with Crippen LogP contribution in [0.15, 0.2) is 267 Å². The number of carbonyl (C=O) groups is 2. The summed E-state index contributed by atoms with van der Waals surface area (Å²) >= 11 is 0. The van der Waals surface area contributed by atoms with Crippen LogP contribution in [0.4, 0.5) is 68.2 Å². The fraction of sp³-hybridized carbons (Fsp3) is 0.220. The fourth-order valence-corrected chi connectivity index (χ4v) is 15.3. The summed E-state index contributed by atoms with van der Waals surface area (Å²) in [7, 11) is 0. The van der Waals surface area contributed by atoms with Crippen molar-refractivity contribution in [3.05, 3.63) is 323 Å². The second kappa shape index (κ2) is 32.9. The molecule has 14 aromatic carbocycles. The van der Waals surface area contributed by atoms with E-state index in [1.165, 1.54) is 22.3 Å². The number of aryl methyl sites for hydroxylation is 8. The van der Waals surface area contributed by atoms with Crippen LogP contribution in [-0.2, 0) is 30.4 Å². The molecule has 0 radical (unpaired) electrons. The van der Waals surface area contributed by atoms with E-state index in [9.17, 15) is 9.59 Å². The maximum absolute atomic E-state index is 13.9. The number of rotatable bonds is 29. The number of carbonyl (C=O) groups excluding carboxylic acids is 2. The molecule has 0 amide bonds. The van der Waals surface area contributed by atoms with E-state index in [4.69, 9.17) is 4.74 Å². The zero-order valence-electron chi connectivity index (χ0n) is 63.7. The number of ether oxygens (including phenoxy) is 1. The summed E-state index contributed by atoms with van der Waals surface area (Å²) in [5, 5.41) is 6.19. The molecule has 0 fully saturated rings. The minimum absolute atomic E-state index is 0.260. The van der Waals surface area contributed by atoms with E-state index in [2.05, 4.69) is 318 Å². The number of anilines is 12. The average molecular weight is 1400 g/mol. The Morgan fingerprint density at radius 2 is 0.570 bits per heavy atom. The third kappa shape index (κ3) is 15.3. The number of hydrogen-bond donors (Lipinski definition) is 0. The van der Waals surface area contributed by atoms with Gasteiger partial charge in [-0.2, -0.15) is 0 Å². The lowest BCUT2D eigenvalue weighted by Gasteiger charge is -2.36. The van der Waals surface area contributed by atoms with Crippen LogP contribution in [-0.4, -0.2) is 18.9 Å². The number of aldehydes is 1. The predicted molar refractivity (Wildman–Crippen MR) is 454 cm³/mol. The van der Waals surface area contributed by atoms with Gasteiger partial charge >= 0.3 is 5.97 Å². The van der Waals surface area contributed by atoms with Crippen molar-refractivity contribution in [1.82, 2.24) is 0 Å². The molecule has 14 rings (SSSR count). The first-order valence-electron chi connectivity index (χ1n) is 38.9. The van der Waals surface area contributed by atoms with E-state index < -0.39 is 0 Å². The molecule has 0 bridgehead atoms. The molecule has 0 saturated carbocycles. The zero-order valence-corrected chi connectivity index (χ0v) is 63.7. The summed E-state index contributed by atoms with van der Waals surface area (Å²) in [4.78, 5) is 36.8. The van der Waals surface area contributed by atoms with Gasteiger partial charge in [0.05, 0.1) is 34.9 Å². The van der Waals surface area contributed by atoms with Gasteiger partial charge in [0.25, 0.3) is 0 Å². The van der Waals surface area contributed by atoms with Gasteiger partial charge in [-0.25, -0.2) is 4.79 Å². The summed E-state index contributed by atoms with van der Waals surface area (Å²) in [6.45, 7) is 19.8. The highest BCUT2D eigenvalue weighted by Gasteiger charge is 2.33. The molecule has 0 N–H and O–H groups in total. The van der Waals surface area contributed by atoms with Crippen molar-refractivity contribution >= 4 is 113 Å². The zero-order chi connectivity index (χ0) is 74.1. The molecule has 536 valence electrons. The van der Waals surface area contributed by atoms with E-state index in [-0.39, 0.29) is 12.6 Å². The van der Waals surface area contributed by atoms with Crippen LogP contribution >= 0.6 is 0 Å². The first-order chi connectivity index (χ1) is 52.3. The Bertz CT molecular complexity index is 5360. The van der Waals surface area contributed by atoms with Crippen LogP contribution < -0.4 is 19.6 Å². The third-order valence-corrected chi connectivity index (χ3v) is 21.3. The molecule has 0 aliphatic heterocycles. The van der Waals surface area contributed by atoms with Crippen molar-refractivity contribution in [2.75, 3.05) is 26.2 Å². The van der Waals surface area contributed by atoms with Gasteiger partial charge in [0.15, 0.2) is 0 Å². The third-order valence-electron chi connectivity index (χ3n) is 21.3. The number of benzene rings is 14. The first-order valence-corrected chi connectivity index (χ1v) is 38.9. The van der Waals surface area contributed by atoms with Crippen LogP contribution in [0.1, 0.15) is 151 Å². The SMILES string of the molecule is CCCCc1ccc(N(c2ccc(C)cc2)c2cc(N(c3ccc(C)cc3)c3ccc(CCCC)cc3)c3c(-c4ccc(C=O)cc4)cc4c(N(c5ccc(C)cc5)c5ccc(CCCC)cc5)cc(N(c5ccc(C)cc5)c5ccc(CCCC)cc5)c5c(-c6ccc(C(=O)OCC)cc6)cc2c3c45)cc1. The molecule has 0 aromatic heterocycles. The van der Waals surface area contributed by atoms with Crippen LogP contribution in [0.2, 0.25) is 0 Å². The molecule has 7 heteroatoms. The van der Waals surface area contributed by atoms with Crippen LogP contribution in [0.5, 0.6) is 0 Å². The number of nitrogens with zero attached hydrogens (tertiary/aromatic N) is 4. The summed E-state index contributed by atoms with van der Waals surface area (Å²) in [6.07, 6.45) is 13.7. The Labute approximate surface area is 633 Å². The quantitative estimate of drug-likeness (QED) is 0.0263. The van der Waals surface area contributed by atoms with Crippen molar-refractivity contribution in [2.24, 2.45) is 0 Å². The summed E-state index contributed by atoms with van der Waals surface area (Å²) in [5.41, 5.74) is 26.7. The largest absolute Gasteiger partial charge is 0.462 e. The number of esters is 1. The Morgan fingerprint density at radius 3 is 0.832 bits per heavy atom. The van der Waals surface area contributed by atoms with Crippen LogP contribution in [0.25, 0.3) is 54.6 Å². The lowest BCUT2D eigenvalue weighted by molar-refractivity contribution is 0.0526. The molecule has 0 atom stereocenters. The molecule has 14 aromatic rings. The molecule has 0 aliphatic rings. The van der Waals surface area contributed by atoms with E-state index in [0.29, 0.717) is 11.1 Å². The van der Waals surface area contributed by atoms with Gasteiger partial charge in [0, 0.05) is 83.4 Å². The van der Waals surface area contributed by atoms with Crippen molar-refractivity contribution < 1.29 is 14.3 Å². The molecule has 107 heavy (non-hydrogen) atoms. The molecule has 0 heterocycles. The summed E-state index contributed by atoms with van der Waals surface area (Å²) < 4.78 is 5.72. The van der Waals surface area contributed by atoms with E-state index >= 15 is 0 Å². The normalized spacial score (nSPS) is 11.4. The van der Waals surface area contributed by atoms with Crippen molar-refractivity contribution in [1.29, 1.82) is 0 Å². The molecule has 0 aliphatic carbocycles. The summed E-state index contributed by atoms with van der Waals surface area (Å²) in [6, 6.07) is 99.4. The van der Waals surface area contributed by atoms with E-state index in [1.54, 1.807) is 0 Å². The molecule has 7 nitrogen and oxygen atoms in total. The highest BCUT2D eigenvalue weighted by atomic mass is 16.5. The smallest absolute Gasteiger partial charge is 0.338 e. The lowest BCUT2D eigenvalue weighted by Crippen LogP contribution is -2.17. The predicted octanol–water partition coefficient (Wildman–Crippen LogP) is 28.4. The van der Waals surface area contributed by atoms with Gasteiger partial charge in [0.1, 0.15) is 6.29 Å². The van der Waals surface area contributed by atoms with Crippen molar-refractivity contribution in [2.45, 2.75) is 139 Å². The number of unbranched alkanes of at least 4 members (excludes halogenated alkanes) is 4. The molecule has 0 saturated heterocycles. The monoisotopic (exact) mass is 1400 g/mol. The summed E-state index contributed by atoms with van der Waals surface area (Å²) in [5.74, 6) is -0.367. The Morgan fingerprint density at radius 1 is 0.308 bits per heavy atom. The van der Waals surface area contributed by atoms with Crippen molar-refractivity contribution in [3.8, 4) is 22.3 Å². The fourth-order valence-electron chi connectivity index (χ4n) is 15.3. The maximum Gasteiger partial charge on any atom is 0.338 e.